The van der Waals surface area contributed by atoms with Gasteiger partial charge in [0.05, 0.1) is 11.1 Å². The Balaban J connectivity index is 0.000000352. The van der Waals surface area contributed by atoms with Crippen LogP contribution in [-0.4, -0.2) is 35.1 Å². The van der Waals surface area contributed by atoms with Gasteiger partial charge < -0.3 is 20.7 Å². The third-order valence-corrected chi connectivity index (χ3v) is 7.80. The van der Waals surface area contributed by atoms with Crippen molar-refractivity contribution >= 4 is 11.9 Å². The third kappa shape index (κ3) is 10.1. The molecule has 7 nitrogen and oxygen atoms in total. The topological polar surface area (TPSA) is 114 Å². The first-order chi connectivity index (χ1) is 22.9. The van der Waals surface area contributed by atoms with E-state index in [9.17, 15) is 53.9 Å². The van der Waals surface area contributed by atoms with Gasteiger partial charge in [0.15, 0.2) is 0 Å². The lowest BCUT2D eigenvalue weighted by Crippen LogP contribution is -2.35. The number of halogens is 9. The Hall–Kier alpha value is -4.34. The molecule has 0 aliphatic rings. The molecular weight excluding hydrogens is 685 g/mol. The van der Waals surface area contributed by atoms with Gasteiger partial charge in [-0.15, -0.1) is 0 Å². The number of hydrogen-bond acceptors (Lipinski definition) is 4. The number of aromatic nitrogens is 1. The predicted octanol–water partition coefficient (Wildman–Crippen LogP) is 7.43. The molecule has 276 valence electrons. The summed E-state index contributed by atoms with van der Waals surface area (Å²) < 4.78 is 124. The van der Waals surface area contributed by atoms with Gasteiger partial charge in [0, 0.05) is 29.8 Å². The van der Waals surface area contributed by atoms with E-state index in [2.05, 4.69) is 5.32 Å². The Morgan fingerprint density at radius 3 is 1.94 bits per heavy atom. The lowest BCUT2D eigenvalue weighted by atomic mass is 9.89. The van der Waals surface area contributed by atoms with Crippen LogP contribution in [0.3, 0.4) is 0 Å². The Kier molecular flexibility index (Phi) is 13.9. The number of primary amides is 1. The van der Waals surface area contributed by atoms with Crippen LogP contribution in [0.5, 0.6) is 0 Å². The van der Waals surface area contributed by atoms with Crippen molar-refractivity contribution in [3.8, 4) is 11.1 Å². The van der Waals surface area contributed by atoms with Crippen molar-refractivity contribution in [2.45, 2.75) is 78.7 Å². The highest BCUT2D eigenvalue weighted by Gasteiger charge is 2.38. The van der Waals surface area contributed by atoms with E-state index in [0.29, 0.717) is 24.2 Å². The number of carboxylic acid groups (broad SMARTS) is 1. The van der Waals surface area contributed by atoms with E-state index in [1.807, 2.05) is 13.8 Å². The molecule has 1 unspecified atom stereocenters. The van der Waals surface area contributed by atoms with Gasteiger partial charge in [0.25, 0.3) is 5.56 Å². The number of amides is 1. The Morgan fingerprint density at radius 1 is 0.880 bits per heavy atom. The van der Waals surface area contributed by atoms with Crippen molar-refractivity contribution < 1.29 is 54.2 Å². The second kappa shape index (κ2) is 16.6. The summed E-state index contributed by atoms with van der Waals surface area (Å²) in [5, 5.41) is 11.5. The average Bonchev–Trinajstić information content (AvgIpc) is 2.98. The first-order valence-electron chi connectivity index (χ1n) is 15.3. The molecule has 2 aromatic carbocycles. The molecule has 50 heavy (non-hydrogen) atoms. The summed E-state index contributed by atoms with van der Waals surface area (Å²) in [6, 6.07) is 1.24. The third-order valence-electron chi connectivity index (χ3n) is 7.80. The molecule has 0 bridgehead atoms. The highest BCUT2D eigenvalue weighted by Crippen LogP contribution is 2.41. The molecule has 3 aromatic rings. The molecule has 3 rings (SSSR count). The minimum absolute atomic E-state index is 0.0403. The number of hydrogen-bond donors (Lipinski definition) is 3. The number of alkyl halides is 6. The van der Waals surface area contributed by atoms with Gasteiger partial charge in [-0.2, -0.15) is 26.3 Å². The van der Waals surface area contributed by atoms with Crippen molar-refractivity contribution in [3.05, 3.63) is 91.1 Å². The summed E-state index contributed by atoms with van der Waals surface area (Å²) >= 11 is 0. The molecule has 0 spiro atoms. The molecule has 0 saturated heterocycles. The molecule has 16 heteroatoms. The fraction of sp³-hybridized carbons (Fsp3) is 0.441. The second-order valence-electron chi connectivity index (χ2n) is 12.2. The lowest BCUT2D eigenvalue weighted by Gasteiger charge is -2.21. The minimum Gasteiger partial charge on any atom is -0.481 e. The van der Waals surface area contributed by atoms with E-state index in [1.54, 1.807) is 7.05 Å². The molecule has 0 aliphatic carbocycles. The first-order valence-corrected chi connectivity index (χ1v) is 15.3. The average molecular weight is 724 g/mol. The summed E-state index contributed by atoms with van der Waals surface area (Å²) in [7, 11) is 1.62. The van der Waals surface area contributed by atoms with Gasteiger partial charge in [-0.1, -0.05) is 19.9 Å². The SMILES string of the molecule is CNCCc1cn(C(CC(C)C)C(N)=O)c(=O)cc1C(F)(F)F.Cc1cc(C)c(-c2cc(C(F)(F)F)c(F)c(CCC(=O)O)c2F)c(C)c1F. The van der Waals surface area contributed by atoms with E-state index in [1.165, 1.54) is 26.8 Å². The fourth-order valence-corrected chi connectivity index (χ4v) is 5.48. The van der Waals surface area contributed by atoms with Gasteiger partial charge >= 0.3 is 18.3 Å². The van der Waals surface area contributed by atoms with Crippen LogP contribution in [0.2, 0.25) is 0 Å². The van der Waals surface area contributed by atoms with Gasteiger partial charge in [0.2, 0.25) is 5.91 Å². The van der Waals surface area contributed by atoms with Crippen LogP contribution in [0.25, 0.3) is 11.1 Å². The molecule has 0 fully saturated rings. The molecule has 1 atom stereocenters. The summed E-state index contributed by atoms with van der Waals surface area (Å²) in [5.74, 6) is -5.98. The Morgan fingerprint density at radius 2 is 1.46 bits per heavy atom. The number of pyridine rings is 1. The van der Waals surface area contributed by atoms with Crippen molar-refractivity contribution in [3.63, 3.8) is 0 Å². The zero-order valence-electron chi connectivity index (χ0n) is 28.1. The van der Waals surface area contributed by atoms with Crippen LogP contribution in [-0.2, 0) is 34.8 Å². The zero-order valence-corrected chi connectivity index (χ0v) is 28.1. The van der Waals surface area contributed by atoms with E-state index in [0.717, 1.165) is 10.8 Å². The molecule has 1 amide bonds. The van der Waals surface area contributed by atoms with E-state index in [-0.39, 0.29) is 41.0 Å². The Labute approximate surface area is 282 Å². The normalized spacial score (nSPS) is 12.5. The van der Waals surface area contributed by atoms with Crippen LogP contribution < -0.4 is 16.6 Å². The maximum absolute atomic E-state index is 14.9. The minimum atomic E-state index is -5.13. The monoisotopic (exact) mass is 723 g/mol. The predicted molar refractivity (Wildman–Crippen MR) is 168 cm³/mol. The maximum atomic E-state index is 14.9. The van der Waals surface area contributed by atoms with E-state index >= 15 is 0 Å². The number of aryl methyl sites for hydroxylation is 2. The number of likely N-dealkylation sites (N-methyl/N-ethyl adjacent to an activating group) is 1. The Bertz CT molecular complexity index is 1780. The van der Waals surface area contributed by atoms with Crippen LogP contribution in [0, 0.1) is 44.1 Å². The van der Waals surface area contributed by atoms with Crippen molar-refractivity contribution in [2.75, 3.05) is 13.6 Å². The number of nitrogens with zero attached hydrogens (tertiary/aromatic N) is 1. The number of nitrogens with one attached hydrogen (secondary N) is 1. The van der Waals surface area contributed by atoms with Crippen LogP contribution >= 0.6 is 0 Å². The largest absolute Gasteiger partial charge is 0.481 e. The second-order valence-corrected chi connectivity index (χ2v) is 12.2. The van der Waals surface area contributed by atoms with Crippen LogP contribution in [0.1, 0.15) is 71.7 Å². The van der Waals surface area contributed by atoms with Crippen LogP contribution in [0.15, 0.2) is 29.2 Å². The van der Waals surface area contributed by atoms with Crippen molar-refractivity contribution in [1.29, 1.82) is 0 Å². The summed E-state index contributed by atoms with van der Waals surface area (Å²) in [5.41, 5.74) is 0.478. The lowest BCUT2D eigenvalue weighted by molar-refractivity contribution is -0.140. The molecular formula is C34H38F9N3O4. The number of rotatable bonds is 11. The van der Waals surface area contributed by atoms with Gasteiger partial charge in [0.1, 0.15) is 23.5 Å². The quantitative estimate of drug-likeness (QED) is 0.178. The smallest absolute Gasteiger partial charge is 0.419 e. The van der Waals surface area contributed by atoms with Gasteiger partial charge in [-0.25, -0.2) is 13.2 Å². The number of carbonyl (C=O) groups excluding carboxylic acids is 1. The molecule has 0 radical (unpaired) electrons. The highest BCUT2D eigenvalue weighted by molar-refractivity contribution is 5.78. The number of aliphatic carboxylic acids is 1. The van der Waals surface area contributed by atoms with E-state index < -0.39 is 88.4 Å². The first kappa shape index (κ1) is 41.8. The maximum Gasteiger partial charge on any atom is 0.419 e. The zero-order chi connectivity index (χ0) is 38.5. The van der Waals surface area contributed by atoms with Crippen molar-refractivity contribution in [1.82, 2.24) is 9.88 Å². The number of benzene rings is 2. The number of carboxylic acids is 1. The van der Waals surface area contributed by atoms with Gasteiger partial charge in [-0.05, 0) is 93.4 Å². The molecule has 1 heterocycles. The number of nitrogens with two attached hydrogens (primary N) is 1. The van der Waals surface area contributed by atoms with Crippen molar-refractivity contribution in [2.24, 2.45) is 11.7 Å². The fourth-order valence-electron chi connectivity index (χ4n) is 5.48. The summed E-state index contributed by atoms with van der Waals surface area (Å²) in [4.78, 5) is 34.4. The summed E-state index contributed by atoms with van der Waals surface area (Å²) in [6.07, 6.45) is -9.80. The highest BCUT2D eigenvalue weighted by atomic mass is 19.4. The standard InChI is InChI=1S/C19H16F6O2.C15H22F3N3O2/c1-8-6-9(2)16(20)10(3)15(8)12-7-13(19(23,24)25)18(22)11(17(12)21)4-5-14(26)27;1-9(2)6-12(14(19)23)21-8-10(4-5-20-3)11(7-13(21)22)15(16,17)18/h6-7H,4-5H2,1-3H3,(H,26,27);7-9,12,20H,4-6H2,1-3H3,(H2,19,23). The number of carbonyl (C=O) groups is 2. The van der Waals surface area contributed by atoms with Crippen LogP contribution in [0.4, 0.5) is 39.5 Å². The molecule has 0 aliphatic heterocycles. The van der Waals surface area contributed by atoms with Gasteiger partial charge in [-0.3, -0.25) is 14.4 Å². The summed E-state index contributed by atoms with van der Waals surface area (Å²) in [6.45, 7) is 8.21. The molecule has 0 saturated carbocycles. The molecule has 4 N–H and O–H groups in total. The molecule has 1 aromatic heterocycles. The van der Waals surface area contributed by atoms with E-state index in [4.69, 9.17) is 10.8 Å².